The topological polar surface area (TPSA) is 189 Å². The van der Waals surface area contributed by atoms with Crippen molar-refractivity contribution in [3.05, 3.63) is 12.2 Å². The van der Waals surface area contributed by atoms with Crippen molar-refractivity contribution < 1.29 is 105 Å². The minimum absolute atomic E-state index is 0. The van der Waals surface area contributed by atoms with E-state index >= 15 is 0 Å². The Bertz CT molecular complexity index is 646. The van der Waals surface area contributed by atoms with Gasteiger partial charge in [0.05, 0.1) is 23.4 Å². The molecule has 0 radical (unpaired) electrons. The summed E-state index contributed by atoms with van der Waals surface area (Å²) in [5, 5.41) is 22.3. The summed E-state index contributed by atoms with van der Waals surface area (Å²) < 4.78 is 59.9. The third kappa shape index (κ3) is 11.7. The van der Waals surface area contributed by atoms with Gasteiger partial charge in [0.15, 0.2) is 0 Å². The number of hydrogen-bond acceptors (Lipinski definition) is 8. The summed E-state index contributed by atoms with van der Waals surface area (Å²) >= 11 is 0. The Labute approximate surface area is 190 Å². The average molecular weight is 418 g/mol. The SMILES string of the molecule is C=C(C(=O)[O-])C(CCCS(=O)(=O)O)(CCCS(=O)(=O)O)C(=O)[O-].[Na+].[Na+]. The summed E-state index contributed by atoms with van der Waals surface area (Å²) in [4.78, 5) is 22.3. The fourth-order valence-corrected chi connectivity index (χ4v) is 3.08. The number of carbonyl (C=O) groups is 2. The van der Waals surface area contributed by atoms with E-state index in [4.69, 9.17) is 9.11 Å². The zero-order valence-corrected chi connectivity index (χ0v) is 19.6. The van der Waals surface area contributed by atoms with Gasteiger partial charge in [-0.15, -0.1) is 0 Å². The zero-order chi connectivity index (χ0) is 18.5. The Morgan fingerprint density at radius 2 is 1.20 bits per heavy atom. The Hall–Kier alpha value is 0.500. The van der Waals surface area contributed by atoms with Crippen LogP contribution in [-0.2, 0) is 29.8 Å². The van der Waals surface area contributed by atoms with Crippen LogP contribution in [0.1, 0.15) is 25.7 Å². The molecule has 10 nitrogen and oxygen atoms in total. The minimum atomic E-state index is -4.40. The predicted molar refractivity (Wildman–Crippen MR) is 72.9 cm³/mol. The molecular weight excluding hydrogens is 402 g/mol. The van der Waals surface area contributed by atoms with Crippen molar-refractivity contribution in [3.8, 4) is 0 Å². The first-order valence-electron chi connectivity index (χ1n) is 6.24. The Morgan fingerprint density at radius 1 is 0.880 bits per heavy atom. The second kappa shape index (κ2) is 12.1. The molecule has 0 atom stereocenters. The van der Waals surface area contributed by atoms with Gasteiger partial charge in [0.1, 0.15) is 0 Å². The van der Waals surface area contributed by atoms with Crippen molar-refractivity contribution in [1.82, 2.24) is 0 Å². The molecule has 0 aliphatic heterocycles. The van der Waals surface area contributed by atoms with Gasteiger partial charge in [-0.25, -0.2) is 0 Å². The van der Waals surface area contributed by atoms with Crippen LogP contribution in [0.5, 0.6) is 0 Å². The van der Waals surface area contributed by atoms with Crippen LogP contribution in [0.4, 0.5) is 0 Å². The molecule has 25 heavy (non-hydrogen) atoms. The van der Waals surface area contributed by atoms with E-state index in [1.54, 1.807) is 0 Å². The van der Waals surface area contributed by atoms with Crippen molar-refractivity contribution in [2.24, 2.45) is 5.41 Å². The molecule has 0 fully saturated rings. The van der Waals surface area contributed by atoms with Crippen LogP contribution in [0.15, 0.2) is 12.2 Å². The van der Waals surface area contributed by atoms with Gasteiger partial charge in [-0.3, -0.25) is 9.11 Å². The number of carboxylic acid groups (broad SMARTS) is 2. The van der Waals surface area contributed by atoms with E-state index in [2.05, 4.69) is 6.58 Å². The largest absolute Gasteiger partial charge is 1.00 e. The van der Waals surface area contributed by atoms with Gasteiger partial charge in [0.25, 0.3) is 20.2 Å². The predicted octanol–water partition coefficient (Wildman–Crippen LogP) is -8.63. The van der Waals surface area contributed by atoms with Gasteiger partial charge >= 0.3 is 59.1 Å². The zero-order valence-electron chi connectivity index (χ0n) is 13.9. The minimum Gasteiger partial charge on any atom is -0.549 e. The Balaban J connectivity index is -0.00000242. The molecule has 0 unspecified atom stereocenters. The van der Waals surface area contributed by atoms with E-state index in [0.717, 1.165) is 0 Å². The fraction of sp³-hybridized carbons (Fsp3) is 0.636. The number of aliphatic carboxylic acids is 2. The molecule has 0 aliphatic carbocycles. The molecule has 0 heterocycles. The molecule has 134 valence electrons. The Morgan fingerprint density at radius 3 is 1.40 bits per heavy atom. The maximum absolute atomic E-state index is 11.4. The van der Waals surface area contributed by atoms with Crippen molar-refractivity contribution in [1.29, 1.82) is 0 Å². The average Bonchev–Trinajstić information content (AvgIpc) is 2.32. The summed E-state index contributed by atoms with van der Waals surface area (Å²) in [5.41, 5.74) is -3.20. The molecule has 14 heteroatoms. The first-order chi connectivity index (χ1) is 10.2. The fourth-order valence-electron chi connectivity index (χ4n) is 2.06. The maximum Gasteiger partial charge on any atom is 1.00 e. The smallest absolute Gasteiger partial charge is 0.549 e. The molecule has 0 aromatic rings. The third-order valence-corrected chi connectivity index (χ3v) is 4.84. The van der Waals surface area contributed by atoms with Crippen molar-refractivity contribution >= 4 is 32.2 Å². The van der Waals surface area contributed by atoms with E-state index in [1.807, 2.05) is 0 Å². The van der Waals surface area contributed by atoms with Crippen molar-refractivity contribution in [2.45, 2.75) is 25.7 Å². The van der Waals surface area contributed by atoms with Crippen molar-refractivity contribution in [3.63, 3.8) is 0 Å². The normalized spacial score (nSPS) is 11.8. The molecule has 0 aliphatic rings. The van der Waals surface area contributed by atoms with E-state index in [-0.39, 0.29) is 59.1 Å². The van der Waals surface area contributed by atoms with Crippen LogP contribution in [-0.4, -0.2) is 49.4 Å². The first-order valence-corrected chi connectivity index (χ1v) is 9.45. The van der Waals surface area contributed by atoms with Crippen LogP contribution in [0.2, 0.25) is 0 Å². The summed E-state index contributed by atoms with van der Waals surface area (Å²) in [5.74, 6) is -5.49. The van der Waals surface area contributed by atoms with E-state index < -0.39 is 80.4 Å². The monoisotopic (exact) mass is 418 g/mol. The second-order valence-electron chi connectivity index (χ2n) is 4.91. The van der Waals surface area contributed by atoms with Gasteiger partial charge in [0, 0.05) is 5.41 Å². The third-order valence-electron chi connectivity index (χ3n) is 3.23. The summed E-state index contributed by atoms with van der Waals surface area (Å²) in [6.07, 6.45) is -2.06. The van der Waals surface area contributed by atoms with Gasteiger partial charge < -0.3 is 19.8 Å². The van der Waals surface area contributed by atoms with Crippen LogP contribution in [0.3, 0.4) is 0 Å². The molecule has 0 saturated heterocycles. The molecule has 0 amide bonds. The molecule has 0 aromatic carbocycles. The van der Waals surface area contributed by atoms with Gasteiger partial charge in [-0.2, -0.15) is 16.8 Å². The molecule has 0 spiro atoms. The molecular formula is C11H16Na2O10S2. The number of carbonyl (C=O) groups excluding carboxylic acids is 2. The van der Waals surface area contributed by atoms with E-state index in [1.165, 1.54) is 0 Å². The summed E-state index contributed by atoms with van der Waals surface area (Å²) in [6.45, 7) is 3.07. The van der Waals surface area contributed by atoms with Crippen molar-refractivity contribution in [2.75, 3.05) is 11.5 Å². The quantitative estimate of drug-likeness (QED) is 0.185. The molecule has 0 bridgehead atoms. The number of carboxylic acids is 2. The van der Waals surface area contributed by atoms with Gasteiger partial charge in [-0.05, 0) is 31.3 Å². The number of hydrogen-bond donors (Lipinski definition) is 2. The van der Waals surface area contributed by atoms with E-state index in [0.29, 0.717) is 0 Å². The van der Waals surface area contributed by atoms with Crippen LogP contribution < -0.4 is 69.3 Å². The van der Waals surface area contributed by atoms with Gasteiger partial charge in [0.2, 0.25) is 0 Å². The van der Waals surface area contributed by atoms with E-state index in [9.17, 15) is 36.6 Å². The first kappa shape index (κ1) is 30.2. The summed E-state index contributed by atoms with van der Waals surface area (Å²) in [7, 11) is -8.81. The van der Waals surface area contributed by atoms with Crippen LogP contribution in [0, 0.1) is 5.41 Å². The molecule has 0 aromatic heterocycles. The Kier molecular flexibility index (Phi) is 14.6. The van der Waals surface area contributed by atoms with Crippen LogP contribution in [0.25, 0.3) is 0 Å². The van der Waals surface area contributed by atoms with Crippen LogP contribution >= 0.6 is 0 Å². The standard InChI is InChI=1S/C11H18O10S2.2Na/c1-8(9(12)13)11(10(14)15,4-2-6-22(16,17)18)5-3-7-23(19,20)21;;/h1-7H2,(H,12,13)(H,14,15)(H,16,17,18)(H,19,20,21);;/q;2*+1/p-2. The summed E-state index contributed by atoms with van der Waals surface area (Å²) in [6, 6.07) is 0. The molecule has 0 rings (SSSR count). The number of rotatable bonds is 11. The molecule has 2 N–H and O–H groups in total. The maximum atomic E-state index is 11.4. The van der Waals surface area contributed by atoms with Gasteiger partial charge in [-0.1, -0.05) is 6.58 Å². The second-order valence-corrected chi connectivity index (χ2v) is 8.06. The molecule has 0 saturated carbocycles.